The van der Waals surface area contributed by atoms with E-state index in [9.17, 15) is 13.9 Å². The summed E-state index contributed by atoms with van der Waals surface area (Å²) in [6.07, 6.45) is -1.22. The Labute approximate surface area is 106 Å². The number of aliphatic hydroxyl groups excluding tert-OH is 1. The van der Waals surface area contributed by atoms with E-state index in [1.807, 2.05) is 13.8 Å². The summed E-state index contributed by atoms with van der Waals surface area (Å²) < 4.78 is 31.9. The third-order valence-electron chi connectivity index (χ3n) is 2.77. The van der Waals surface area contributed by atoms with Crippen molar-refractivity contribution < 1.29 is 18.6 Å². The first kappa shape index (κ1) is 15.0. The molecule has 1 atom stereocenters. The van der Waals surface area contributed by atoms with Gasteiger partial charge in [-0.05, 0) is 26.0 Å². The number of hydrogen-bond acceptors (Lipinski definition) is 3. The lowest BCUT2D eigenvalue weighted by molar-refractivity contribution is 0.0206. The second-order valence-corrected chi connectivity index (χ2v) is 4.75. The van der Waals surface area contributed by atoms with E-state index in [0.717, 1.165) is 12.1 Å². The van der Waals surface area contributed by atoms with E-state index in [1.54, 1.807) is 7.11 Å². The molecule has 3 nitrogen and oxygen atoms in total. The standard InChI is InChI=1S/C13H19F2NO2/c1-13(2,18-3)8-16-7-11(17)12-9(14)5-4-6-10(12)15/h4-6,11,16-17H,7-8H2,1-3H3. The van der Waals surface area contributed by atoms with E-state index >= 15 is 0 Å². The summed E-state index contributed by atoms with van der Waals surface area (Å²) in [7, 11) is 1.58. The highest BCUT2D eigenvalue weighted by molar-refractivity contribution is 5.22. The molecule has 0 aliphatic carbocycles. The maximum absolute atomic E-state index is 13.4. The molecular formula is C13H19F2NO2. The van der Waals surface area contributed by atoms with Crippen molar-refractivity contribution in [3.63, 3.8) is 0 Å². The van der Waals surface area contributed by atoms with Crippen LogP contribution < -0.4 is 5.32 Å². The van der Waals surface area contributed by atoms with Crippen LogP contribution in [0.4, 0.5) is 8.78 Å². The molecule has 1 aromatic rings. The Kier molecular flexibility index (Phi) is 5.19. The number of ether oxygens (including phenoxy) is 1. The molecule has 0 radical (unpaired) electrons. The summed E-state index contributed by atoms with van der Waals surface area (Å²) in [4.78, 5) is 0. The van der Waals surface area contributed by atoms with Gasteiger partial charge in [0.15, 0.2) is 0 Å². The zero-order valence-corrected chi connectivity index (χ0v) is 10.8. The van der Waals surface area contributed by atoms with Crippen LogP contribution in [0, 0.1) is 11.6 Å². The van der Waals surface area contributed by atoms with Crippen LogP contribution in [0.25, 0.3) is 0 Å². The molecule has 2 N–H and O–H groups in total. The minimum absolute atomic E-state index is 0.0602. The predicted octanol–water partition coefficient (Wildman–Crippen LogP) is 2.01. The lowest BCUT2D eigenvalue weighted by Gasteiger charge is -2.24. The minimum Gasteiger partial charge on any atom is -0.387 e. The summed E-state index contributed by atoms with van der Waals surface area (Å²) in [5.74, 6) is -1.48. The van der Waals surface area contributed by atoms with Crippen LogP contribution in [0.5, 0.6) is 0 Å². The molecule has 0 saturated carbocycles. The maximum Gasteiger partial charge on any atom is 0.131 e. The first-order valence-corrected chi connectivity index (χ1v) is 5.75. The zero-order valence-electron chi connectivity index (χ0n) is 10.8. The number of hydrogen-bond donors (Lipinski definition) is 2. The van der Waals surface area contributed by atoms with Gasteiger partial charge in [-0.2, -0.15) is 0 Å². The SMILES string of the molecule is COC(C)(C)CNCC(O)c1c(F)cccc1F. The summed E-state index contributed by atoms with van der Waals surface area (Å²) in [5.41, 5.74) is -0.701. The summed E-state index contributed by atoms with van der Waals surface area (Å²) in [5, 5.41) is 12.7. The molecule has 0 aromatic heterocycles. The largest absolute Gasteiger partial charge is 0.387 e. The van der Waals surface area contributed by atoms with E-state index in [4.69, 9.17) is 4.74 Å². The summed E-state index contributed by atoms with van der Waals surface area (Å²) in [6, 6.07) is 3.52. The van der Waals surface area contributed by atoms with E-state index in [2.05, 4.69) is 5.32 Å². The van der Waals surface area contributed by atoms with Crippen LogP contribution in [0.2, 0.25) is 0 Å². The van der Waals surface area contributed by atoms with Gasteiger partial charge in [0.25, 0.3) is 0 Å². The van der Waals surface area contributed by atoms with Crippen molar-refractivity contribution in [2.75, 3.05) is 20.2 Å². The Morgan fingerprint density at radius 1 is 1.33 bits per heavy atom. The fraction of sp³-hybridized carbons (Fsp3) is 0.538. The van der Waals surface area contributed by atoms with Crippen molar-refractivity contribution in [2.24, 2.45) is 0 Å². The lowest BCUT2D eigenvalue weighted by Crippen LogP contribution is -2.38. The molecule has 5 heteroatoms. The molecule has 0 spiro atoms. The van der Waals surface area contributed by atoms with Crippen molar-refractivity contribution in [3.8, 4) is 0 Å². The second kappa shape index (κ2) is 6.22. The topological polar surface area (TPSA) is 41.5 Å². The monoisotopic (exact) mass is 259 g/mol. The number of halogens is 2. The molecule has 0 fully saturated rings. The van der Waals surface area contributed by atoms with Gasteiger partial charge < -0.3 is 15.2 Å². The quantitative estimate of drug-likeness (QED) is 0.821. The van der Waals surface area contributed by atoms with Gasteiger partial charge in [0.05, 0.1) is 17.3 Å². The smallest absolute Gasteiger partial charge is 0.131 e. The van der Waals surface area contributed by atoms with E-state index in [0.29, 0.717) is 6.54 Å². The van der Waals surface area contributed by atoms with Crippen LogP contribution in [-0.2, 0) is 4.74 Å². The van der Waals surface area contributed by atoms with E-state index < -0.39 is 23.3 Å². The third-order valence-corrected chi connectivity index (χ3v) is 2.77. The molecule has 0 aliphatic rings. The molecule has 0 amide bonds. The van der Waals surface area contributed by atoms with Crippen LogP contribution in [0.1, 0.15) is 25.5 Å². The maximum atomic E-state index is 13.4. The van der Waals surface area contributed by atoms with Gasteiger partial charge in [-0.1, -0.05) is 6.07 Å². The Balaban J connectivity index is 2.58. The van der Waals surface area contributed by atoms with Crippen molar-refractivity contribution in [1.82, 2.24) is 5.32 Å². The fourth-order valence-corrected chi connectivity index (χ4v) is 1.51. The summed E-state index contributed by atoms with van der Waals surface area (Å²) >= 11 is 0. The van der Waals surface area contributed by atoms with Gasteiger partial charge in [0.2, 0.25) is 0 Å². The molecule has 0 heterocycles. The second-order valence-electron chi connectivity index (χ2n) is 4.75. The van der Waals surface area contributed by atoms with Crippen molar-refractivity contribution in [3.05, 3.63) is 35.4 Å². The van der Waals surface area contributed by atoms with Gasteiger partial charge in [-0.25, -0.2) is 8.78 Å². The number of nitrogens with one attached hydrogen (secondary N) is 1. The van der Waals surface area contributed by atoms with Crippen LogP contribution in [-0.4, -0.2) is 30.9 Å². The molecular weight excluding hydrogens is 240 g/mol. The van der Waals surface area contributed by atoms with Crippen LogP contribution >= 0.6 is 0 Å². The average molecular weight is 259 g/mol. The molecule has 18 heavy (non-hydrogen) atoms. The third kappa shape index (κ3) is 4.01. The first-order chi connectivity index (χ1) is 8.37. The molecule has 1 rings (SSSR count). The molecule has 0 saturated heterocycles. The van der Waals surface area contributed by atoms with E-state index in [1.165, 1.54) is 6.07 Å². The van der Waals surface area contributed by atoms with Gasteiger partial charge in [-0.15, -0.1) is 0 Å². The van der Waals surface area contributed by atoms with Gasteiger partial charge in [0.1, 0.15) is 11.6 Å². The molecule has 1 unspecified atom stereocenters. The molecule has 0 aliphatic heterocycles. The Bertz CT molecular complexity index is 376. The van der Waals surface area contributed by atoms with E-state index in [-0.39, 0.29) is 12.1 Å². The Hall–Kier alpha value is -1.04. The van der Waals surface area contributed by atoms with Crippen LogP contribution in [0.15, 0.2) is 18.2 Å². The number of methoxy groups -OCH3 is 1. The normalized spacial score (nSPS) is 13.7. The van der Waals surface area contributed by atoms with Crippen LogP contribution in [0.3, 0.4) is 0 Å². The molecule has 0 bridgehead atoms. The average Bonchev–Trinajstić information content (AvgIpc) is 2.28. The highest BCUT2D eigenvalue weighted by atomic mass is 19.1. The predicted molar refractivity (Wildman–Crippen MR) is 65.3 cm³/mol. The molecule has 102 valence electrons. The number of aliphatic hydroxyl groups is 1. The van der Waals surface area contributed by atoms with Crippen molar-refractivity contribution in [2.45, 2.75) is 25.6 Å². The Morgan fingerprint density at radius 2 is 1.89 bits per heavy atom. The van der Waals surface area contributed by atoms with Crippen molar-refractivity contribution in [1.29, 1.82) is 0 Å². The fourth-order valence-electron chi connectivity index (χ4n) is 1.51. The molecule has 1 aromatic carbocycles. The lowest BCUT2D eigenvalue weighted by atomic mass is 10.1. The zero-order chi connectivity index (χ0) is 13.8. The highest BCUT2D eigenvalue weighted by Gasteiger charge is 2.20. The number of rotatable bonds is 6. The van der Waals surface area contributed by atoms with Gasteiger partial charge >= 0.3 is 0 Å². The summed E-state index contributed by atoms with van der Waals surface area (Å²) in [6.45, 7) is 4.27. The highest BCUT2D eigenvalue weighted by Crippen LogP contribution is 2.20. The minimum atomic E-state index is -1.22. The Morgan fingerprint density at radius 3 is 2.39 bits per heavy atom. The van der Waals surface area contributed by atoms with Gasteiger partial charge in [-0.3, -0.25) is 0 Å². The van der Waals surface area contributed by atoms with Gasteiger partial charge in [0, 0.05) is 20.2 Å². The first-order valence-electron chi connectivity index (χ1n) is 5.75. The van der Waals surface area contributed by atoms with Crippen molar-refractivity contribution >= 4 is 0 Å². The number of benzene rings is 1.